The second-order valence-electron chi connectivity index (χ2n) is 6.47. The molecule has 2 aromatic rings. The largest absolute Gasteiger partial charge is 0.496 e. The van der Waals surface area contributed by atoms with E-state index in [9.17, 15) is 15.0 Å². The van der Waals surface area contributed by atoms with Crippen LogP contribution >= 0.6 is 0 Å². The number of carbonyl (C=O) groups is 1. The van der Waals surface area contributed by atoms with E-state index < -0.39 is 11.8 Å². The number of hydrogen-bond acceptors (Lipinski definition) is 7. The molecular formula is C20H19N5O4. The molecule has 1 atom stereocenters. The zero-order valence-electron chi connectivity index (χ0n) is 16.4. The minimum atomic E-state index is -0.731. The third kappa shape index (κ3) is 3.04. The van der Waals surface area contributed by atoms with Crippen LogP contribution < -0.4 is 20.2 Å². The van der Waals surface area contributed by atoms with E-state index in [1.165, 1.54) is 14.2 Å². The van der Waals surface area contributed by atoms with Crippen molar-refractivity contribution in [3.63, 3.8) is 0 Å². The van der Waals surface area contributed by atoms with Gasteiger partial charge < -0.3 is 15.2 Å². The molecule has 0 saturated carbocycles. The standard InChI is InChI=1S/C20H19N5O4/c1-10-9-23-20(29-4)17-16(13-6-5-12(8-21)7-14(13)28-3)15(19(22)26)11(2)25(24-27)18(10)17/h5-7,9,16H,1-4H3,(H2,22,26)/t16-/m1/s1. The van der Waals surface area contributed by atoms with Crippen LogP contribution in [0.15, 0.2) is 41.0 Å². The number of fused-ring (bicyclic) bond motifs is 1. The molecule has 1 aromatic heterocycles. The number of nitroso groups, excluding NO2 is 1. The Hall–Kier alpha value is -3.93. The quantitative estimate of drug-likeness (QED) is 0.773. The highest BCUT2D eigenvalue weighted by molar-refractivity contribution is 5.98. The van der Waals surface area contributed by atoms with Crippen LogP contribution in [0.4, 0.5) is 5.69 Å². The van der Waals surface area contributed by atoms with E-state index in [0.717, 1.165) is 5.01 Å². The number of amides is 1. The molecule has 1 aromatic carbocycles. The van der Waals surface area contributed by atoms with E-state index in [-0.39, 0.29) is 11.5 Å². The highest BCUT2D eigenvalue weighted by Gasteiger charge is 2.40. The van der Waals surface area contributed by atoms with E-state index in [2.05, 4.69) is 16.3 Å². The summed E-state index contributed by atoms with van der Waals surface area (Å²) < 4.78 is 10.9. The molecule has 9 nitrogen and oxygen atoms in total. The summed E-state index contributed by atoms with van der Waals surface area (Å²) in [6.07, 6.45) is 1.56. The van der Waals surface area contributed by atoms with E-state index in [4.69, 9.17) is 15.2 Å². The van der Waals surface area contributed by atoms with E-state index >= 15 is 0 Å². The number of pyridine rings is 1. The van der Waals surface area contributed by atoms with Gasteiger partial charge in [-0.2, -0.15) is 5.26 Å². The van der Waals surface area contributed by atoms with E-state index in [1.807, 2.05) is 0 Å². The number of aromatic nitrogens is 1. The number of anilines is 1. The van der Waals surface area contributed by atoms with Crippen molar-refractivity contribution in [3.05, 3.63) is 62.8 Å². The van der Waals surface area contributed by atoms with Crippen LogP contribution in [0.25, 0.3) is 0 Å². The Morgan fingerprint density at radius 3 is 2.59 bits per heavy atom. The van der Waals surface area contributed by atoms with Crippen molar-refractivity contribution >= 4 is 11.6 Å². The molecule has 0 bridgehead atoms. The first-order chi connectivity index (χ1) is 13.9. The summed E-state index contributed by atoms with van der Waals surface area (Å²) in [5.41, 5.74) is 8.75. The molecule has 0 fully saturated rings. The Labute approximate surface area is 167 Å². The number of nitrogens with zero attached hydrogens (tertiary/aromatic N) is 4. The number of methoxy groups -OCH3 is 2. The summed E-state index contributed by atoms with van der Waals surface area (Å²) in [5, 5.41) is 13.4. The van der Waals surface area contributed by atoms with Crippen LogP contribution in [0, 0.1) is 23.2 Å². The molecule has 1 aliphatic heterocycles. The maximum Gasteiger partial charge on any atom is 0.247 e. The number of primary amides is 1. The number of ether oxygens (including phenoxy) is 2. The minimum Gasteiger partial charge on any atom is -0.496 e. The van der Waals surface area contributed by atoms with Gasteiger partial charge in [-0.05, 0) is 31.5 Å². The maximum atomic E-state index is 12.5. The summed E-state index contributed by atoms with van der Waals surface area (Å²) in [7, 11) is 2.91. The molecule has 9 heteroatoms. The SMILES string of the molecule is COc1cc(C#N)ccc1[C@@H]1C(C(N)=O)=C(C)N(N=O)c2c(C)cnc(OC)c21. The number of allylic oxidation sites excluding steroid dienone is 1. The predicted octanol–water partition coefficient (Wildman–Crippen LogP) is 2.67. The van der Waals surface area contributed by atoms with Crippen LogP contribution in [-0.2, 0) is 4.79 Å². The zero-order valence-corrected chi connectivity index (χ0v) is 16.4. The molecule has 0 saturated heterocycles. The fourth-order valence-electron chi connectivity index (χ4n) is 3.69. The van der Waals surface area contributed by atoms with E-state index in [1.54, 1.807) is 38.2 Å². The number of nitrogens with two attached hydrogens (primary N) is 1. The summed E-state index contributed by atoms with van der Waals surface area (Å²) in [6, 6.07) is 6.93. The second-order valence-corrected chi connectivity index (χ2v) is 6.47. The van der Waals surface area contributed by atoms with Crippen LogP contribution in [-0.4, -0.2) is 25.1 Å². The molecule has 3 rings (SSSR count). The van der Waals surface area contributed by atoms with Crippen LogP contribution in [0.5, 0.6) is 11.6 Å². The molecule has 0 aliphatic carbocycles. The average Bonchev–Trinajstić information content (AvgIpc) is 2.72. The summed E-state index contributed by atoms with van der Waals surface area (Å²) in [5.74, 6) is -0.836. The van der Waals surface area contributed by atoms with Crippen LogP contribution in [0.1, 0.15) is 35.1 Å². The third-order valence-corrected chi connectivity index (χ3v) is 4.95. The number of rotatable bonds is 5. The first-order valence-electron chi connectivity index (χ1n) is 8.65. The van der Waals surface area contributed by atoms with Crippen molar-refractivity contribution < 1.29 is 14.3 Å². The first kappa shape index (κ1) is 19.8. The molecule has 2 N–H and O–H groups in total. The fraction of sp³-hybridized carbons (Fsp3) is 0.250. The second kappa shape index (κ2) is 7.59. The molecule has 29 heavy (non-hydrogen) atoms. The average molecular weight is 393 g/mol. The molecule has 2 heterocycles. The van der Waals surface area contributed by atoms with Crippen LogP contribution in [0.2, 0.25) is 0 Å². The topological polar surface area (TPSA) is 131 Å². The van der Waals surface area contributed by atoms with Gasteiger partial charge in [-0.25, -0.2) is 9.99 Å². The predicted molar refractivity (Wildman–Crippen MR) is 105 cm³/mol. The lowest BCUT2D eigenvalue weighted by Crippen LogP contribution is -2.32. The smallest absolute Gasteiger partial charge is 0.247 e. The van der Waals surface area contributed by atoms with Gasteiger partial charge in [0.1, 0.15) is 5.75 Å². The molecular weight excluding hydrogens is 374 g/mol. The summed E-state index contributed by atoms with van der Waals surface area (Å²) in [4.78, 5) is 28.4. The Kier molecular flexibility index (Phi) is 5.19. The van der Waals surface area contributed by atoms with Gasteiger partial charge in [0.2, 0.25) is 11.8 Å². The van der Waals surface area contributed by atoms with Gasteiger partial charge in [-0.1, -0.05) is 6.07 Å². The lowest BCUT2D eigenvalue weighted by Gasteiger charge is -2.35. The monoisotopic (exact) mass is 393 g/mol. The van der Waals surface area contributed by atoms with Gasteiger partial charge in [0, 0.05) is 11.8 Å². The molecule has 1 aliphatic rings. The number of hydrogen-bond donors (Lipinski definition) is 1. The maximum absolute atomic E-state index is 12.5. The summed E-state index contributed by atoms with van der Waals surface area (Å²) >= 11 is 0. The van der Waals surface area contributed by atoms with Gasteiger partial charge in [0.15, 0.2) is 0 Å². The Balaban J connectivity index is 2.46. The zero-order chi connectivity index (χ0) is 21.3. The van der Waals surface area contributed by atoms with E-state index in [0.29, 0.717) is 39.4 Å². The first-order valence-corrected chi connectivity index (χ1v) is 8.65. The highest BCUT2D eigenvalue weighted by Crippen LogP contribution is 2.51. The molecule has 148 valence electrons. The fourth-order valence-corrected chi connectivity index (χ4v) is 3.69. The number of benzene rings is 1. The van der Waals surface area contributed by atoms with Gasteiger partial charge in [0.25, 0.3) is 0 Å². The van der Waals surface area contributed by atoms with Gasteiger partial charge in [-0.3, -0.25) is 4.79 Å². The van der Waals surface area contributed by atoms with Crippen molar-refractivity contribution in [1.29, 1.82) is 5.26 Å². The number of aryl methyl sites for hydroxylation is 1. The van der Waals surface area contributed by atoms with Crippen molar-refractivity contribution in [2.45, 2.75) is 19.8 Å². The van der Waals surface area contributed by atoms with Crippen molar-refractivity contribution in [2.75, 3.05) is 19.2 Å². The minimum absolute atomic E-state index is 0.158. The normalized spacial score (nSPS) is 15.4. The Morgan fingerprint density at radius 1 is 1.31 bits per heavy atom. The molecule has 0 spiro atoms. The number of nitriles is 1. The molecule has 0 unspecified atom stereocenters. The van der Waals surface area contributed by atoms with Crippen molar-refractivity contribution in [2.24, 2.45) is 11.0 Å². The lowest BCUT2D eigenvalue weighted by molar-refractivity contribution is -0.114. The molecule has 1 amide bonds. The lowest BCUT2D eigenvalue weighted by atomic mass is 9.79. The van der Waals surface area contributed by atoms with Gasteiger partial charge in [-0.15, -0.1) is 4.91 Å². The Morgan fingerprint density at radius 2 is 2.03 bits per heavy atom. The number of carbonyl (C=O) groups excluding carboxylic acids is 1. The van der Waals surface area contributed by atoms with Crippen molar-refractivity contribution in [1.82, 2.24) is 4.98 Å². The summed E-state index contributed by atoms with van der Waals surface area (Å²) in [6.45, 7) is 3.37. The van der Waals surface area contributed by atoms with Gasteiger partial charge in [0.05, 0.1) is 59.6 Å². The molecule has 0 radical (unpaired) electrons. The Bertz CT molecular complexity index is 1090. The van der Waals surface area contributed by atoms with Crippen LogP contribution in [0.3, 0.4) is 0 Å². The third-order valence-electron chi connectivity index (χ3n) is 4.95. The van der Waals surface area contributed by atoms with Crippen molar-refractivity contribution in [3.8, 4) is 17.7 Å². The van der Waals surface area contributed by atoms with Gasteiger partial charge >= 0.3 is 0 Å². The highest BCUT2D eigenvalue weighted by atomic mass is 16.5.